The van der Waals surface area contributed by atoms with Crippen molar-refractivity contribution >= 4 is 38.9 Å². The lowest BCUT2D eigenvalue weighted by atomic mass is 9.92. The van der Waals surface area contributed by atoms with E-state index in [0.29, 0.717) is 30.6 Å². The molecule has 2 atom stereocenters. The number of carbonyl (C=O) groups is 1. The number of rotatable bonds is 6. The number of piperidine rings is 1. The lowest BCUT2D eigenvalue weighted by Crippen LogP contribution is -2.48. The Morgan fingerprint density at radius 3 is 2.35 bits per heavy atom. The number of sulfonamides is 1. The van der Waals surface area contributed by atoms with E-state index in [1.165, 1.54) is 12.1 Å². The number of benzene rings is 2. The molecule has 1 saturated heterocycles. The number of likely N-dealkylation sites (tertiary alicyclic amines) is 1. The summed E-state index contributed by atoms with van der Waals surface area (Å²) in [5, 5.41) is 11.1. The van der Waals surface area contributed by atoms with Crippen molar-refractivity contribution in [2.45, 2.75) is 25.2 Å². The Morgan fingerprint density at radius 2 is 1.77 bits per heavy atom. The van der Waals surface area contributed by atoms with E-state index >= 15 is 0 Å². The molecule has 1 fully saturated rings. The van der Waals surface area contributed by atoms with Gasteiger partial charge >= 0.3 is 0 Å². The first-order valence-electron chi connectivity index (χ1n) is 9.89. The standard InChI is InChI=1S/C21H24ClN3O5S/c1-15-10-16(2)13-23(12-15)21(26)14-24(17-6-4-3-5-7-17)31(29,30)18-8-9-19(22)20(11-18)25(27)28/h3-9,11,15-16H,10,12-14H2,1-2H3. The van der Waals surface area contributed by atoms with E-state index in [1.807, 2.05) is 0 Å². The molecule has 2 aromatic rings. The van der Waals surface area contributed by atoms with Gasteiger partial charge in [-0.2, -0.15) is 0 Å². The van der Waals surface area contributed by atoms with Crippen molar-refractivity contribution in [2.24, 2.45) is 11.8 Å². The van der Waals surface area contributed by atoms with Gasteiger partial charge in [0.05, 0.1) is 15.5 Å². The molecule has 0 saturated carbocycles. The molecule has 1 heterocycles. The van der Waals surface area contributed by atoms with Crippen molar-refractivity contribution in [2.75, 3.05) is 23.9 Å². The molecule has 1 aliphatic rings. The molecular formula is C21H24ClN3O5S. The molecule has 1 aliphatic heterocycles. The summed E-state index contributed by atoms with van der Waals surface area (Å²) in [4.78, 5) is 25.0. The molecule has 0 aromatic heterocycles. The monoisotopic (exact) mass is 465 g/mol. The fraction of sp³-hybridized carbons (Fsp3) is 0.381. The molecule has 0 radical (unpaired) electrons. The van der Waals surface area contributed by atoms with Crippen LogP contribution in [0.2, 0.25) is 5.02 Å². The second-order valence-electron chi connectivity index (χ2n) is 7.96. The van der Waals surface area contributed by atoms with Gasteiger partial charge in [0.25, 0.3) is 15.7 Å². The maximum Gasteiger partial charge on any atom is 0.289 e. The van der Waals surface area contributed by atoms with Crippen molar-refractivity contribution in [1.82, 2.24) is 4.90 Å². The van der Waals surface area contributed by atoms with E-state index in [9.17, 15) is 23.3 Å². The zero-order valence-corrected chi connectivity index (χ0v) is 18.8. The third kappa shape index (κ3) is 5.16. The van der Waals surface area contributed by atoms with Crippen LogP contribution in [0.25, 0.3) is 0 Å². The second-order valence-corrected chi connectivity index (χ2v) is 10.2. The van der Waals surface area contributed by atoms with Crippen molar-refractivity contribution < 1.29 is 18.1 Å². The van der Waals surface area contributed by atoms with Gasteiger partial charge in [-0.1, -0.05) is 43.6 Å². The molecule has 8 nitrogen and oxygen atoms in total. The van der Waals surface area contributed by atoms with Crippen LogP contribution in [-0.4, -0.2) is 43.8 Å². The molecule has 3 rings (SSSR count). The quantitative estimate of drug-likeness (QED) is 0.475. The van der Waals surface area contributed by atoms with Crippen LogP contribution in [-0.2, 0) is 14.8 Å². The zero-order chi connectivity index (χ0) is 22.8. The molecule has 0 aliphatic carbocycles. The molecule has 2 aromatic carbocycles. The SMILES string of the molecule is CC1CC(C)CN(C(=O)CN(c2ccccc2)S(=O)(=O)c2ccc(Cl)c([N+](=O)[O-])c2)C1. The largest absolute Gasteiger partial charge is 0.341 e. The fourth-order valence-corrected chi connectivity index (χ4v) is 5.54. The molecule has 31 heavy (non-hydrogen) atoms. The molecule has 166 valence electrons. The Balaban J connectivity index is 1.99. The third-order valence-electron chi connectivity index (χ3n) is 5.25. The zero-order valence-electron chi connectivity index (χ0n) is 17.3. The Morgan fingerprint density at radius 1 is 1.16 bits per heavy atom. The minimum Gasteiger partial charge on any atom is -0.341 e. The van der Waals surface area contributed by atoms with Crippen molar-refractivity contribution in [3.8, 4) is 0 Å². The van der Waals surface area contributed by atoms with E-state index < -0.39 is 27.2 Å². The number of para-hydroxylation sites is 1. The van der Waals surface area contributed by atoms with Gasteiger partial charge in [0.2, 0.25) is 5.91 Å². The van der Waals surface area contributed by atoms with Crippen molar-refractivity contribution in [3.63, 3.8) is 0 Å². The van der Waals surface area contributed by atoms with Gasteiger partial charge < -0.3 is 4.90 Å². The highest BCUT2D eigenvalue weighted by Gasteiger charge is 2.32. The number of hydrogen-bond acceptors (Lipinski definition) is 5. The second kappa shape index (κ2) is 9.23. The molecule has 0 N–H and O–H groups in total. The number of amides is 1. The van der Waals surface area contributed by atoms with E-state index in [2.05, 4.69) is 13.8 Å². The number of nitrogens with zero attached hydrogens (tertiary/aromatic N) is 3. The van der Waals surface area contributed by atoms with Gasteiger partial charge in [-0.3, -0.25) is 19.2 Å². The molecule has 1 amide bonds. The van der Waals surface area contributed by atoms with Crippen LogP contribution in [0.15, 0.2) is 53.4 Å². The number of carbonyl (C=O) groups excluding carboxylic acids is 1. The summed E-state index contributed by atoms with van der Waals surface area (Å²) in [6.07, 6.45) is 1.01. The van der Waals surface area contributed by atoms with Crippen LogP contribution in [0, 0.1) is 22.0 Å². The first-order chi connectivity index (χ1) is 14.6. The molecule has 0 bridgehead atoms. The van der Waals surface area contributed by atoms with Crippen LogP contribution in [0.1, 0.15) is 20.3 Å². The maximum atomic E-state index is 13.5. The Hall–Kier alpha value is -2.65. The molecule has 2 unspecified atom stereocenters. The first kappa shape index (κ1) is 23.0. The lowest BCUT2D eigenvalue weighted by Gasteiger charge is -2.36. The fourth-order valence-electron chi connectivity index (χ4n) is 3.92. The average molecular weight is 466 g/mol. The predicted octanol–water partition coefficient (Wildman–Crippen LogP) is 3.95. The Labute approximate surface area is 186 Å². The number of halogens is 1. The Kier molecular flexibility index (Phi) is 6.86. The average Bonchev–Trinajstić information content (AvgIpc) is 2.71. The van der Waals surface area contributed by atoms with Crippen molar-refractivity contribution in [3.05, 3.63) is 63.7 Å². The summed E-state index contributed by atoms with van der Waals surface area (Å²) < 4.78 is 27.9. The maximum absolute atomic E-state index is 13.5. The van der Waals surface area contributed by atoms with Crippen molar-refractivity contribution in [1.29, 1.82) is 0 Å². The lowest BCUT2D eigenvalue weighted by molar-refractivity contribution is -0.384. The van der Waals surface area contributed by atoms with E-state index in [0.717, 1.165) is 16.8 Å². The summed E-state index contributed by atoms with van der Waals surface area (Å²) in [5.74, 6) is 0.344. The predicted molar refractivity (Wildman–Crippen MR) is 119 cm³/mol. The normalized spacial score (nSPS) is 19.1. The van der Waals surface area contributed by atoms with Gasteiger partial charge in [0.1, 0.15) is 11.6 Å². The number of nitro benzene ring substituents is 1. The summed E-state index contributed by atoms with van der Waals surface area (Å²) in [6, 6.07) is 11.5. The summed E-state index contributed by atoms with van der Waals surface area (Å²) in [7, 11) is -4.26. The van der Waals surface area contributed by atoms with E-state index in [4.69, 9.17) is 11.6 Å². The summed E-state index contributed by atoms with van der Waals surface area (Å²) >= 11 is 5.84. The van der Waals surface area contributed by atoms with Gasteiger partial charge in [0, 0.05) is 19.2 Å². The Bertz CT molecular complexity index is 1070. The molecule has 10 heteroatoms. The molecule has 0 spiro atoms. The van der Waals surface area contributed by atoms with Gasteiger partial charge in [-0.15, -0.1) is 0 Å². The highest BCUT2D eigenvalue weighted by Crippen LogP contribution is 2.31. The van der Waals surface area contributed by atoms with Crippen LogP contribution in [0.4, 0.5) is 11.4 Å². The number of hydrogen-bond donors (Lipinski definition) is 0. The van der Waals surface area contributed by atoms with Crippen LogP contribution >= 0.6 is 11.6 Å². The van der Waals surface area contributed by atoms with Gasteiger partial charge in [-0.05, 0) is 42.5 Å². The smallest absolute Gasteiger partial charge is 0.289 e. The highest BCUT2D eigenvalue weighted by atomic mass is 35.5. The van der Waals surface area contributed by atoms with Gasteiger partial charge in [-0.25, -0.2) is 8.42 Å². The van der Waals surface area contributed by atoms with Crippen LogP contribution < -0.4 is 4.31 Å². The summed E-state index contributed by atoms with van der Waals surface area (Å²) in [5.41, 5.74) is -0.215. The van der Waals surface area contributed by atoms with Gasteiger partial charge in [0.15, 0.2) is 0 Å². The first-order valence-corrected chi connectivity index (χ1v) is 11.7. The molecular weight excluding hydrogens is 442 g/mol. The highest BCUT2D eigenvalue weighted by molar-refractivity contribution is 7.92. The third-order valence-corrected chi connectivity index (χ3v) is 7.34. The topological polar surface area (TPSA) is 101 Å². The minimum atomic E-state index is -4.26. The summed E-state index contributed by atoms with van der Waals surface area (Å²) in [6.45, 7) is 4.86. The number of anilines is 1. The van der Waals surface area contributed by atoms with E-state index in [1.54, 1.807) is 35.2 Å². The van der Waals surface area contributed by atoms with E-state index in [-0.39, 0.29) is 15.8 Å². The number of nitro groups is 1. The van der Waals surface area contributed by atoms with Crippen LogP contribution in [0.5, 0.6) is 0 Å². The minimum absolute atomic E-state index is 0.164. The van der Waals surface area contributed by atoms with Crippen LogP contribution in [0.3, 0.4) is 0 Å².